The maximum Gasteiger partial charge on any atom is 0.278 e. The van der Waals surface area contributed by atoms with Crippen LogP contribution < -0.4 is 10.9 Å². The van der Waals surface area contributed by atoms with E-state index in [0.717, 1.165) is 38.0 Å². The van der Waals surface area contributed by atoms with Gasteiger partial charge in [0.1, 0.15) is 11.0 Å². The van der Waals surface area contributed by atoms with Crippen molar-refractivity contribution in [2.24, 2.45) is 0 Å². The molecule has 1 unspecified atom stereocenters. The number of nitrogens with one attached hydrogen (secondary N) is 1. The average molecular weight is 540 g/mol. The summed E-state index contributed by atoms with van der Waals surface area (Å²) in [5.74, 6) is 1.52. The fraction of sp³-hybridized carbons (Fsp3) is 0.419. The summed E-state index contributed by atoms with van der Waals surface area (Å²) < 4.78 is 3.51. The zero-order valence-electron chi connectivity index (χ0n) is 23.4. The molecule has 208 valence electrons. The number of pyridine rings is 1. The molecule has 1 aliphatic carbocycles. The molecule has 3 aromatic heterocycles. The summed E-state index contributed by atoms with van der Waals surface area (Å²) in [6.07, 6.45) is 11.0. The van der Waals surface area contributed by atoms with Crippen molar-refractivity contribution in [1.82, 2.24) is 29.2 Å². The second kappa shape index (κ2) is 10.6. The molecule has 1 saturated heterocycles. The molecule has 9 nitrogen and oxygen atoms in total. The molecule has 0 radical (unpaired) electrons. The Labute approximate surface area is 234 Å². The molecule has 1 atom stereocenters. The molecule has 1 aromatic carbocycles. The third-order valence-electron chi connectivity index (χ3n) is 8.10. The van der Waals surface area contributed by atoms with Crippen molar-refractivity contribution in [1.29, 1.82) is 0 Å². The lowest BCUT2D eigenvalue weighted by molar-refractivity contribution is 0.0738. The van der Waals surface area contributed by atoms with Gasteiger partial charge in [-0.15, -0.1) is 0 Å². The standard InChI is InChI=1S/C31H37N7O2/c1-31(2,40)26-10-7-11-27(34-26)38-28-25(29(39)37(38)24-8-5-4-6-9-24)20-32-30(35-28)33-23-14-12-21(13-15-23)22-16-18-36(3)19-17-22/h5,7-8,10-15,20,22,24,40H,4,6,9,16-19H2,1-3H3,(H,32,33,35). The van der Waals surface area contributed by atoms with Gasteiger partial charge < -0.3 is 15.3 Å². The van der Waals surface area contributed by atoms with E-state index in [-0.39, 0.29) is 11.6 Å². The van der Waals surface area contributed by atoms with Crippen LogP contribution in [0.3, 0.4) is 0 Å². The highest BCUT2D eigenvalue weighted by Gasteiger charge is 2.25. The summed E-state index contributed by atoms with van der Waals surface area (Å²) in [7, 11) is 2.18. The van der Waals surface area contributed by atoms with E-state index in [2.05, 4.69) is 58.7 Å². The Kier molecular flexibility index (Phi) is 7.02. The quantitative estimate of drug-likeness (QED) is 0.331. The minimum Gasteiger partial charge on any atom is -0.384 e. The summed E-state index contributed by atoms with van der Waals surface area (Å²) in [6.45, 7) is 5.66. The van der Waals surface area contributed by atoms with Crippen LogP contribution in [0, 0.1) is 0 Å². The molecular formula is C31H37N7O2. The summed E-state index contributed by atoms with van der Waals surface area (Å²) >= 11 is 0. The second-order valence-corrected chi connectivity index (χ2v) is 11.6. The Morgan fingerprint density at radius 1 is 1.02 bits per heavy atom. The molecule has 2 N–H and O–H groups in total. The van der Waals surface area contributed by atoms with E-state index in [1.807, 2.05) is 12.1 Å². The minimum atomic E-state index is -1.13. The Morgan fingerprint density at radius 2 is 1.80 bits per heavy atom. The largest absolute Gasteiger partial charge is 0.384 e. The number of hydrogen-bond donors (Lipinski definition) is 2. The molecule has 0 bridgehead atoms. The monoisotopic (exact) mass is 539 g/mol. The molecule has 40 heavy (non-hydrogen) atoms. The predicted octanol–water partition coefficient (Wildman–Crippen LogP) is 5.04. The highest BCUT2D eigenvalue weighted by molar-refractivity contribution is 5.77. The molecule has 0 saturated carbocycles. The minimum absolute atomic E-state index is 0.119. The van der Waals surface area contributed by atoms with Crippen molar-refractivity contribution >= 4 is 22.7 Å². The fourth-order valence-electron chi connectivity index (χ4n) is 5.77. The van der Waals surface area contributed by atoms with Gasteiger partial charge in [-0.05, 0) is 102 Å². The third-order valence-corrected chi connectivity index (χ3v) is 8.10. The Hall–Kier alpha value is -3.82. The van der Waals surface area contributed by atoms with Crippen LogP contribution in [-0.4, -0.2) is 54.5 Å². The van der Waals surface area contributed by atoms with Crippen LogP contribution in [-0.2, 0) is 5.60 Å². The molecule has 9 heteroatoms. The molecule has 1 aliphatic heterocycles. The van der Waals surface area contributed by atoms with Crippen molar-refractivity contribution in [3.8, 4) is 5.82 Å². The van der Waals surface area contributed by atoms with Crippen LogP contribution >= 0.6 is 0 Å². The van der Waals surface area contributed by atoms with Crippen LogP contribution in [0.5, 0.6) is 0 Å². The molecular weight excluding hydrogens is 502 g/mol. The fourth-order valence-corrected chi connectivity index (χ4v) is 5.77. The van der Waals surface area contributed by atoms with Crippen LogP contribution in [0.4, 0.5) is 11.6 Å². The average Bonchev–Trinajstić information content (AvgIpc) is 3.25. The van der Waals surface area contributed by atoms with Crippen LogP contribution in [0.2, 0.25) is 0 Å². The van der Waals surface area contributed by atoms with Crippen molar-refractivity contribution in [3.05, 3.63) is 82.4 Å². The first kappa shape index (κ1) is 26.4. The molecule has 4 aromatic rings. The van der Waals surface area contributed by atoms with Gasteiger partial charge in [0.15, 0.2) is 11.5 Å². The Morgan fingerprint density at radius 3 is 2.50 bits per heavy atom. The second-order valence-electron chi connectivity index (χ2n) is 11.6. The Balaban J connectivity index is 1.39. The lowest BCUT2D eigenvalue weighted by Crippen LogP contribution is -2.29. The number of anilines is 2. The number of fused-ring (bicyclic) bond motifs is 1. The normalized spacial score (nSPS) is 18.9. The van der Waals surface area contributed by atoms with E-state index >= 15 is 0 Å². The zero-order chi connectivity index (χ0) is 27.9. The van der Waals surface area contributed by atoms with Gasteiger partial charge in [0.05, 0.1) is 11.7 Å². The smallest absolute Gasteiger partial charge is 0.278 e. The molecule has 6 rings (SSSR count). The van der Waals surface area contributed by atoms with Gasteiger partial charge in [-0.25, -0.2) is 19.3 Å². The maximum atomic E-state index is 13.7. The summed E-state index contributed by atoms with van der Waals surface area (Å²) in [4.78, 5) is 30.2. The molecule has 2 aliphatic rings. The number of allylic oxidation sites excluding steroid dienone is 2. The number of aliphatic hydroxyl groups is 1. The third kappa shape index (κ3) is 5.19. The summed E-state index contributed by atoms with van der Waals surface area (Å²) in [5.41, 5.74) is 1.96. The number of benzene rings is 1. The predicted molar refractivity (Wildman–Crippen MR) is 157 cm³/mol. The van der Waals surface area contributed by atoms with Gasteiger partial charge in [-0.3, -0.25) is 4.79 Å². The van der Waals surface area contributed by atoms with E-state index in [9.17, 15) is 9.90 Å². The van der Waals surface area contributed by atoms with Gasteiger partial charge >= 0.3 is 0 Å². The number of rotatable bonds is 6. The topological polar surface area (TPSA) is 101 Å². The lowest BCUT2D eigenvalue weighted by atomic mass is 9.89. The lowest BCUT2D eigenvalue weighted by Gasteiger charge is -2.29. The van der Waals surface area contributed by atoms with Gasteiger partial charge in [-0.2, -0.15) is 4.98 Å². The van der Waals surface area contributed by atoms with Gasteiger partial charge in [0.2, 0.25) is 5.95 Å². The van der Waals surface area contributed by atoms with Crippen LogP contribution in [0.1, 0.15) is 69.2 Å². The van der Waals surface area contributed by atoms with Crippen LogP contribution in [0.15, 0.2) is 65.6 Å². The highest BCUT2D eigenvalue weighted by atomic mass is 16.3. The highest BCUT2D eigenvalue weighted by Crippen LogP contribution is 2.30. The van der Waals surface area contributed by atoms with Crippen molar-refractivity contribution in [2.75, 3.05) is 25.5 Å². The number of nitrogens with zero attached hydrogens (tertiary/aromatic N) is 6. The molecule has 0 amide bonds. The van der Waals surface area contributed by atoms with Crippen molar-refractivity contribution in [2.45, 2.75) is 63.5 Å². The number of likely N-dealkylation sites (tertiary alicyclic amines) is 1. The number of hydrogen-bond acceptors (Lipinski definition) is 7. The maximum absolute atomic E-state index is 13.7. The molecule has 4 heterocycles. The van der Waals surface area contributed by atoms with Crippen molar-refractivity contribution in [3.63, 3.8) is 0 Å². The van der Waals surface area contributed by atoms with Crippen LogP contribution in [0.25, 0.3) is 16.9 Å². The van der Waals surface area contributed by atoms with Gasteiger partial charge in [0.25, 0.3) is 5.56 Å². The number of aromatic nitrogens is 5. The van der Waals surface area contributed by atoms with E-state index in [1.165, 1.54) is 18.4 Å². The SMILES string of the molecule is CN1CCC(c2ccc(Nc3ncc4c(=O)n(C5C=CCCC5)n(-c5cccc(C(C)(C)O)n5)c4n3)cc2)CC1. The van der Waals surface area contributed by atoms with E-state index in [0.29, 0.717) is 34.4 Å². The first-order valence-electron chi connectivity index (χ1n) is 14.2. The van der Waals surface area contributed by atoms with E-state index in [1.54, 1.807) is 35.5 Å². The Bertz CT molecular complexity index is 1590. The summed E-state index contributed by atoms with van der Waals surface area (Å²) in [5, 5.41) is 14.4. The summed E-state index contributed by atoms with van der Waals surface area (Å²) in [6, 6.07) is 13.9. The first-order valence-corrected chi connectivity index (χ1v) is 14.2. The zero-order valence-corrected chi connectivity index (χ0v) is 23.4. The first-order chi connectivity index (χ1) is 19.3. The van der Waals surface area contributed by atoms with Gasteiger partial charge in [-0.1, -0.05) is 30.4 Å². The number of piperidine rings is 1. The molecule has 0 spiro atoms. The van der Waals surface area contributed by atoms with E-state index in [4.69, 9.17) is 9.97 Å². The van der Waals surface area contributed by atoms with Crippen molar-refractivity contribution < 1.29 is 5.11 Å². The van der Waals surface area contributed by atoms with Gasteiger partial charge in [0, 0.05) is 11.9 Å². The van der Waals surface area contributed by atoms with E-state index < -0.39 is 5.60 Å². The molecule has 1 fully saturated rings.